The number of carboxylic acids is 1. The van der Waals surface area contributed by atoms with Gasteiger partial charge in [0.25, 0.3) is 0 Å². The van der Waals surface area contributed by atoms with Crippen LogP contribution in [-0.2, 0) is 6.61 Å². The standard InChI is InChI=1S/C12H12N2O4/c1-17-9-4-2-3-5-10(9)18-7-8-6-13-11(14-8)12(15)16/h2-6H,7H2,1H3,(H,13,14)(H,15,16). The molecule has 0 saturated carbocycles. The number of aromatic amines is 1. The van der Waals surface area contributed by atoms with Crippen LogP contribution in [0.2, 0.25) is 0 Å². The van der Waals surface area contributed by atoms with Gasteiger partial charge in [0.05, 0.1) is 19.0 Å². The predicted molar refractivity (Wildman–Crippen MR) is 62.9 cm³/mol. The summed E-state index contributed by atoms with van der Waals surface area (Å²) in [5.41, 5.74) is 0.582. The number of hydrogen-bond donors (Lipinski definition) is 2. The fourth-order valence-corrected chi connectivity index (χ4v) is 1.43. The molecule has 6 nitrogen and oxygen atoms in total. The second-order valence-electron chi connectivity index (χ2n) is 3.50. The van der Waals surface area contributed by atoms with Crippen LogP contribution < -0.4 is 9.47 Å². The quantitative estimate of drug-likeness (QED) is 0.841. The number of aromatic carboxylic acids is 1. The predicted octanol–water partition coefficient (Wildman–Crippen LogP) is 1.70. The molecule has 2 aromatic rings. The van der Waals surface area contributed by atoms with Crippen molar-refractivity contribution in [2.24, 2.45) is 0 Å². The Hall–Kier alpha value is -2.50. The normalized spacial score (nSPS) is 10.1. The number of hydrogen-bond acceptors (Lipinski definition) is 4. The van der Waals surface area contributed by atoms with E-state index >= 15 is 0 Å². The Morgan fingerprint density at radius 3 is 2.72 bits per heavy atom. The van der Waals surface area contributed by atoms with E-state index in [9.17, 15) is 4.79 Å². The van der Waals surface area contributed by atoms with Crippen molar-refractivity contribution in [3.05, 3.63) is 42.0 Å². The summed E-state index contributed by atoms with van der Waals surface area (Å²) < 4.78 is 10.7. The molecule has 0 spiro atoms. The molecular weight excluding hydrogens is 236 g/mol. The smallest absolute Gasteiger partial charge is 0.371 e. The van der Waals surface area contributed by atoms with Gasteiger partial charge in [-0.3, -0.25) is 0 Å². The minimum atomic E-state index is -1.10. The number of nitrogens with one attached hydrogen (secondary N) is 1. The van der Waals surface area contributed by atoms with Gasteiger partial charge in [0.2, 0.25) is 5.82 Å². The Balaban J connectivity index is 2.04. The molecule has 0 saturated heterocycles. The molecule has 2 rings (SSSR count). The number of benzene rings is 1. The minimum Gasteiger partial charge on any atom is -0.493 e. The number of nitrogens with zero attached hydrogens (tertiary/aromatic N) is 1. The summed E-state index contributed by atoms with van der Waals surface area (Å²) in [4.78, 5) is 17.0. The summed E-state index contributed by atoms with van der Waals surface area (Å²) in [6, 6.07) is 7.22. The van der Waals surface area contributed by atoms with Gasteiger partial charge < -0.3 is 19.6 Å². The fraction of sp³-hybridized carbons (Fsp3) is 0.167. The van der Waals surface area contributed by atoms with E-state index in [-0.39, 0.29) is 12.4 Å². The van der Waals surface area contributed by atoms with Crippen LogP contribution in [0.4, 0.5) is 0 Å². The first-order valence-electron chi connectivity index (χ1n) is 5.23. The zero-order chi connectivity index (χ0) is 13.0. The van der Waals surface area contributed by atoms with E-state index in [1.807, 2.05) is 12.1 Å². The molecular formula is C12H12N2O4. The first-order valence-corrected chi connectivity index (χ1v) is 5.23. The second-order valence-corrected chi connectivity index (χ2v) is 3.50. The van der Waals surface area contributed by atoms with Crippen LogP contribution in [0.5, 0.6) is 11.5 Å². The summed E-state index contributed by atoms with van der Waals surface area (Å²) >= 11 is 0. The monoisotopic (exact) mass is 248 g/mol. The van der Waals surface area contributed by atoms with Crippen LogP contribution >= 0.6 is 0 Å². The van der Waals surface area contributed by atoms with Gasteiger partial charge in [-0.15, -0.1) is 0 Å². The maximum atomic E-state index is 10.6. The second kappa shape index (κ2) is 5.22. The van der Waals surface area contributed by atoms with Gasteiger partial charge in [-0.1, -0.05) is 12.1 Å². The number of carbonyl (C=O) groups is 1. The lowest BCUT2D eigenvalue weighted by Gasteiger charge is -2.08. The Kier molecular flexibility index (Phi) is 3.47. The molecule has 1 aromatic carbocycles. The van der Waals surface area contributed by atoms with E-state index in [1.54, 1.807) is 19.2 Å². The summed E-state index contributed by atoms with van der Waals surface area (Å²) in [6.45, 7) is 0.195. The van der Waals surface area contributed by atoms with Crippen LogP contribution in [0.25, 0.3) is 0 Å². The maximum absolute atomic E-state index is 10.6. The van der Waals surface area contributed by atoms with Crippen molar-refractivity contribution in [1.82, 2.24) is 9.97 Å². The van der Waals surface area contributed by atoms with Gasteiger partial charge in [-0.25, -0.2) is 9.78 Å². The molecule has 1 aromatic heterocycles. The topological polar surface area (TPSA) is 84.4 Å². The Morgan fingerprint density at radius 2 is 2.11 bits per heavy atom. The lowest BCUT2D eigenvalue weighted by Crippen LogP contribution is -2.01. The number of imidazole rings is 1. The van der Waals surface area contributed by atoms with Gasteiger partial charge in [0.1, 0.15) is 6.61 Å². The summed E-state index contributed by atoms with van der Waals surface area (Å²) in [5.74, 6) is 0.00844. The third-order valence-electron chi connectivity index (χ3n) is 2.28. The summed E-state index contributed by atoms with van der Waals surface area (Å²) in [6.07, 6.45) is 1.43. The molecule has 0 amide bonds. The van der Waals surface area contributed by atoms with Gasteiger partial charge >= 0.3 is 5.97 Å². The number of aromatic nitrogens is 2. The molecule has 0 unspecified atom stereocenters. The van der Waals surface area contributed by atoms with Crippen molar-refractivity contribution in [3.8, 4) is 11.5 Å². The highest BCUT2D eigenvalue weighted by Crippen LogP contribution is 2.26. The first-order chi connectivity index (χ1) is 8.70. The Bertz CT molecular complexity index is 551. The third-order valence-corrected chi connectivity index (χ3v) is 2.28. The molecule has 94 valence electrons. The van der Waals surface area contributed by atoms with Crippen molar-refractivity contribution in [2.75, 3.05) is 7.11 Å². The van der Waals surface area contributed by atoms with E-state index in [4.69, 9.17) is 14.6 Å². The lowest BCUT2D eigenvalue weighted by molar-refractivity contribution is 0.0684. The number of carboxylic acid groups (broad SMARTS) is 1. The van der Waals surface area contributed by atoms with Crippen molar-refractivity contribution < 1.29 is 19.4 Å². The Morgan fingerprint density at radius 1 is 1.39 bits per heavy atom. The highest BCUT2D eigenvalue weighted by Gasteiger charge is 2.09. The van der Waals surface area contributed by atoms with Gasteiger partial charge in [0, 0.05) is 0 Å². The molecule has 0 fully saturated rings. The average Bonchev–Trinajstić information content (AvgIpc) is 2.85. The van der Waals surface area contributed by atoms with E-state index in [0.29, 0.717) is 17.2 Å². The molecule has 1 heterocycles. The Labute approximate surface area is 103 Å². The van der Waals surface area contributed by atoms with Crippen molar-refractivity contribution >= 4 is 5.97 Å². The molecule has 0 atom stereocenters. The van der Waals surface area contributed by atoms with E-state index in [1.165, 1.54) is 6.20 Å². The number of H-pyrrole nitrogens is 1. The highest BCUT2D eigenvalue weighted by molar-refractivity contribution is 5.83. The SMILES string of the molecule is COc1ccccc1OCc1cnc(C(=O)O)[nH]1. The molecule has 0 bridgehead atoms. The molecule has 0 aliphatic carbocycles. The van der Waals surface area contributed by atoms with Crippen LogP contribution in [-0.4, -0.2) is 28.2 Å². The number of rotatable bonds is 5. The zero-order valence-electron chi connectivity index (χ0n) is 9.71. The molecule has 0 radical (unpaired) electrons. The van der Waals surface area contributed by atoms with Crippen LogP contribution in [0.3, 0.4) is 0 Å². The lowest BCUT2D eigenvalue weighted by atomic mass is 10.3. The summed E-state index contributed by atoms with van der Waals surface area (Å²) in [7, 11) is 1.56. The van der Waals surface area contributed by atoms with E-state index in [0.717, 1.165) is 0 Å². The van der Waals surface area contributed by atoms with Crippen LogP contribution in [0.1, 0.15) is 16.3 Å². The summed E-state index contributed by atoms with van der Waals surface area (Å²) in [5, 5.41) is 8.71. The van der Waals surface area contributed by atoms with E-state index in [2.05, 4.69) is 9.97 Å². The number of para-hydroxylation sites is 2. The number of methoxy groups -OCH3 is 1. The molecule has 6 heteroatoms. The van der Waals surface area contributed by atoms with Crippen molar-refractivity contribution in [2.45, 2.75) is 6.61 Å². The van der Waals surface area contributed by atoms with Crippen LogP contribution in [0.15, 0.2) is 30.5 Å². The third kappa shape index (κ3) is 2.60. The molecule has 0 aliphatic rings. The first kappa shape index (κ1) is 12.0. The molecule has 18 heavy (non-hydrogen) atoms. The van der Waals surface area contributed by atoms with Crippen molar-refractivity contribution in [1.29, 1.82) is 0 Å². The van der Waals surface area contributed by atoms with E-state index < -0.39 is 5.97 Å². The average molecular weight is 248 g/mol. The largest absolute Gasteiger partial charge is 0.493 e. The maximum Gasteiger partial charge on any atom is 0.371 e. The van der Waals surface area contributed by atoms with Crippen molar-refractivity contribution in [3.63, 3.8) is 0 Å². The molecule has 2 N–H and O–H groups in total. The highest BCUT2D eigenvalue weighted by atomic mass is 16.5. The van der Waals surface area contributed by atoms with Crippen LogP contribution in [0, 0.1) is 0 Å². The zero-order valence-corrected chi connectivity index (χ0v) is 9.71. The fourth-order valence-electron chi connectivity index (χ4n) is 1.43. The number of ether oxygens (including phenoxy) is 2. The van der Waals surface area contributed by atoms with Gasteiger partial charge in [0.15, 0.2) is 11.5 Å². The van der Waals surface area contributed by atoms with Gasteiger partial charge in [-0.2, -0.15) is 0 Å². The van der Waals surface area contributed by atoms with Gasteiger partial charge in [-0.05, 0) is 12.1 Å². The minimum absolute atomic E-state index is 0.103. The molecule has 0 aliphatic heterocycles.